The van der Waals surface area contributed by atoms with E-state index in [9.17, 15) is 4.79 Å². The summed E-state index contributed by atoms with van der Waals surface area (Å²) in [5, 5.41) is 7.48. The Labute approximate surface area is 154 Å². The second-order valence-corrected chi connectivity index (χ2v) is 6.62. The number of hydrogen-bond donors (Lipinski definition) is 1. The molecule has 2 aromatic heterocycles. The predicted octanol–water partition coefficient (Wildman–Crippen LogP) is 1.47. The highest BCUT2D eigenvalue weighted by atomic mass is 16.5. The molecule has 140 valence electrons. The van der Waals surface area contributed by atoms with Crippen molar-refractivity contribution in [3.63, 3.8) is 0 Å². The highest BCUT2D eigenvalue weighted by molar-refractivity contribution is 5.75. The van der Waals surface area contributed by atoms with Gasteiger partial charge in [0.1, 0.15) is 0 Å². The fourth-order valence-corrected chi connectivity index (χ4v) is 3.29. The first-order valence-corrected chi connectivity index (χ1v) is 9.14. The van der Waals surface area contributed by atoms with Crippen LogP contribution in [-0.4, -0.2) is 58.4 Å². The zero-order valence-electron chi connectivity index (χ0n) is 15.5. The van der Waals surface area contributed by atoms with Crippen LogP contribution in [0.5, 0.6) is 0 Å². The van der Waals surface area contributed by atoms with Crippen molar-refractivity contribution >= 4 is 5.91 Å². The quantitative estimate of drug-likeness (QED) is 0.813. The van der Waals surface area contributed by atoms with Crippen LogP contribution in [0.15, 0.2) is 30.5 Å². The van der Waals surface area contributed by atoms with Gasteiger partial charge >= 0.3 is 0 Å². The molecule has 2 aromatic rings. The number of rotatable bonds is 7. The molecule has 0 unspecified atom stereocenters. The van der Waals surface area contributed by atoms with Crippen molar-refractivity contribution in [1.82, 2.24) is 25.0 Å². The van der Waals surface area contributed by atoms with E-state index < -0.39 is 0 Å². The van der Waals surface area contributed by atoms with Crippen molar-refractivity contribution in [2.45, 2.75) is 32.9 Å². The molecule has 3 heterocycles. The minimum Gasteiger partial charge on any atom is -0.379 e. The zero-order chi connectivity index (χ0) is 18.4. The summed E-state index contributed by atoms with van der Waals surface area (Å²) in [6.07, 6.45) is 2.22. The summed E-state index contributed by atoms with van der Waals surface area (Å²) in [4.78, 5) is 19.2. The van der Waals surface area contributed by atoms with E-state index in [0.717, 1.165) is 43.4 Å². The lowest BCUT2D eigenvalue weighted by atomic mass is 10.1. The molecule has 1 saturated heterocycles. The van der Waals surface area contributed by atoms with Crippen LogP contribution in [0.4, 0.5) is 0 Å². The lowest BCUT2D eigenvalue weighted by Crippen LogP contribution is -2.44. The first-order chi connectivity index (χ1) is 12.6. The Hall–Kier alpha value is -2.25. The number of pyridine rings is 1. The van der Waals surface area contributed by atoms with Crippen LogP contribution in [0.1, 0.15) is 29.5 Å². The number of aryl methyl sites for hydroxylation is 3. The molecule has 0 radical (unpaired) electrons. The van der Waals surface area contributed by atoms with E-state index in [1.165, 1.54) is 0 Å². The van der Waals surface area contributed by atoms with Crippen molar-refractivity contribution in [3.05, 3.63) is 47.5 Å². The van der Waals surface area contributed by atoms with E-state index in [0.29, 0.717) is 19.5 Å². The number of morpholine rings is 1. The summed E-state index contributed by atoms with van der Waals surface area (Å²) in [6, 6.07) is 8.00. The van der Waals surface area contributed by atoms with Gasteiger partial charge in [0.25, 0.3) is 0 Å². The Morgan fingerprint density at radius 3 is 2.77 bits per heavy atom. The van der Waals surface area contributed by atoms with Gasteiger partial charge in [-0.2, -0.15) is 5.10 Å². The van der Waals surface area contributed by atoms with Gasteiger partial charge in [-0.3, -0.25) is 19.4 Å². The van der Waals surface area contributed by atoms with Gasteiger partial charge in [0, 0.05) is 44.5 Å². The Morgan fingerprint density at radius 1 is 1.31 bits per heavy atom. The summed E-state index contributed by atoms with van der Waals surface area (Å²) in [6.45, 7) is 8.25. The van der Waals surface area contributed by atoms with Gasteiger partial charge in [-0.05, 0) is 32.0 Å². The third-order valence-corrected chi connectivity index (χ3v) is 4.66. The first kappa shape index (κ1) is 18.5. The summed E-state index contributed by atoms with van der Waals surface area (Å²) >= 11 is 0. The van der Waals surface area contributed by atoms with E-state index >= 15 is 0 Å². The van der Waals surface area contributed by atoms with Crippen LogP contribution < -0.4 is 5.32 Å². The number of carbonyl (C=O) groups is 1. The lowest BCUT2D eigenvalue weighted by molar-refractivity contribution is -0.121. The van der Waals surface area contributed by atoms with E-state index in [1.807, 2.05) is 42.8 Å². The largest absolute Gasteiger partial charge is 0.379 e. The van der Waals surface area contributed by atoms with Gasteiger partial charge in [0.2, 0.25) is 5.91 Å². The normalized spacial score (nSPS) is 16.4. The fourth-order valence-electron chi connectivity index (χ4n) is 3.29. The van der Waals surface area contributed by atoms with Crippen LogP contribution in [0.3, 0.4) is 0 Å². The predicted molar refractivity (Wildman–Crippen MR) is 98.7 cm³/mol. The van der Waals surface area contributed by atoms with Gasteiger partial charge in [-0.1, -0.05) is 6.07 Å². The number of nitrogens with one attached hydrogen (secondary N) is 1. The third kappa shape index (κ3) is 4.89. The number of aromatic nitrogens is 3. The third-order valence-electron chi connectivity index (χ3n) is 4.66. The van der Waals surface area contributed by atoms with Gasteiger partial charge in [0.05, 0.1) is 30.6 Å². The summed E-state index contributed by atoms with van der Waals surface area (Å²) in [7, 11) is 0. The number of hydrogen-bond acceptors (Lipinski definition) is 5. The molecule has 7 heteroatoms. The minimum atomic E-state index is 0.0340. The molecule has 1 aliphatic heterocycles. The lowest BCUT2D eigenvalue weighted by Gasteiger charge is -2.34. The second-order valence-electron chi connectivity index (χ2n) is 6.62. The summed E-state index contributed by atoms with van der Waals surface area (Å²) in [5.41, 5.74) is 3.04. The molecular formula is C19H27N5O2. The molecule has 1 fully saturated rings. The molecule has 0 aliphatic carbocycles. The molecule has 1 atom stereocenters. The van der Waals surface area contributed by atoms with Crippen molar-refractivity contribution in [3.8, 4) is 0 Å². The Balaban J connectivity index is 1.56. The maximum absolute atomic E-state index is 12.3. The highest BCUT2D eigenvalue weighted by Gasteiger charge is 2.24. The SMILES string of the molecule is Cc1cc(C)n(CCC(=O)NC[C@H](c2ccccn2)N2CCOCC2)n1. The Bertz CT molecular complexity index is 710. The average molecular weight is 357 g/mol. The van der Waals surface area contributed by atoms with Crippen molar-refractivity contribution in [1.29, 1.82) is 0 Å². The van der Waals surface area contributed by atoms with Crippen molar-refractivity contribution in [2.75, 3.05) is 32.8 Å². The molecule has 7 nitrogen and oxygen atoms in total. The smallest absolute Gasteiger partial charge is 0.221 e. The number of carbonyl (C=O) groups excluding carboxylic acids is 1. The van der Waals surface area contributed by atoms with Crippen LogP contribution in [-0.2, 0) is 16.1 Å². The zero-order valence-corrected chi connectivity index (χ0v) is 15.5. The summed E-state index contributed by atoms with van der Waals surface area (Å²) < 4.78 is 7.34. The van der Waals surface area contributed by atoms with Crippen molar-refractivity contribution < 1.29 is 9.53 Å². The van der Waals surface area contributed by atoms with E-state index in [1.54, 1.807) is 6.20 Å². The number of amides is 1. The second kappa shape index (κ2) is 8.91. The minimum absolute atomic E-state index is 0.0340. The van der Waals surface area contributed by atoms with Crippen LogP contribution in [0.2, 0.25) is 0 Å². The van der Waals surface area contributed by atoms with Crippen LogP contribution in [0, 0.1) is 13.8 Å². The molecule has 26 heavy (non-hydrogen) atoms. The average Bonchev–Trinajstić information content (AvgIpc) is 2.99. The monoisotopic (exact) mass is 357 g/mol. The van der Waals surface area contributed by atoms with Crippen LogP contribution in [0.25, 0.3) is 0 Å². The fraction of sp³-hybridized carbons (Fsp3) is 0.526. The molecule has 1 N–H and O–H groups in total. The van der Waals surface area contributed by atoms with E-state index in [4.69, 9.17) is 4.74 Å². The Morgan fingerprint density at radius 2 is 2.12 bits per heavy atom. The number of ether oxygens (including phenoxy) is 1. The van der Waals surface area contributed by atoms with Crippen molar-refractivity contribution in [2.24, 2.45) is 0 Å². The van der Waals surface area contributed by atoms with Gasteiger partial charge in [0.15, 0.2) is 0 Å². The Kier molecular flexibility index (Phi) is 6.35. The molecule has 1 amide bonds. The van der Waals surface area contributed by atoms with Gasteiger partial charge < -0.3 is 10.1 Å². The van der Waals surface area contributed by atoms with Crippen LogP contribution >= 0.6 is 0 Å². The van der Waals surface area contributed by atoms with Gasteiger partial charge in [-0.15, -0.1) is 0 Å². The topological polar surface area (TPSA) is 72.3 Å². The molecule has 0 spiro atoms. The molecule has 0 bridgehead atoms. The van der Waals surface area contributed by atoms with E-state index in [-0.39, 0.29) is 11.9 Å². The maximum Gasteiger partial charge on any atom is 0.221 e. The van der Waals surface area contributed by atoms with E-state index in [2.05, 4.69) is 20.3 Å². The first-order valence-electron chi connectivity index (χ1n) is 9.14. The molecule has 1 aliphatic rings. The standard InChI is InChI=1S/C19H27N5O2/c1-15-13-16(2)24(22-15)8-6-19(25)21-14-18(17-5-3-4-7-20-17)23-9-11-26-12-10-23/h3-5,7,13,18H,6,8-12,14H2,1-2H3,(H,21,25)/t18-/m1/s1. The maximum atomic E-state index is 12.3. The summed E-state index contributed by atoms with van der Waals surface area (Å²) in [5.74, 6) is 0.0340. The number of nitrogens with zero attached hydrogens (tertiary/aromatic N) is 4. The molecular weight excluding hydrogens is 330 g/mol. The van der Waals surface area contributed by atoms with Gasteiger partial charge in [-0.25, -0.2) is 0 Å². The molecule has 3 rings (SSSR count). The molecule has 0 saturated carbocycles. The highest BCUT2D eigenvalue weighted by Crippen LogP contribution is 2.19. The molecule has 0 aromatic carbocycles.